The number of fused-ring (bicyclic) bond motifs is 2. The number of benzene rings is 4. The molecule has 2 saturated heterocycles. The normalized spacial score (nSPS) is 16.8. The van der Waals surface area contributed by atoms with Gasteiger partial charge >= 0.3 is 0 Å². The number of aryl methyl sites for hydroxylation is 1. The second-order valence-corrected chi connectivity index (χ2v) is 12.8. The molecule has 0 bridgehead atoms. The van der Waals surface area contributed by atoms with E-state index in [1.54, 1.807) is 28.6 Å². The Labute approximate surface area is 237 Å². The molecule has 3 aliphatic rings. The van der Waals surface area contributed by atoms with Crippen molar-refractivity contribution in [2.24, 2.45) is 0 Å². The van der Waals surface area contributed by atoms with Gasteiger partial charge in [0.2, 0.25) is 0 Å². The van der Waals surface area contributed by atoms with Crippen LogP contribution in [0.15, 0.2) is 95.9 Å². The van der Waals surface area contributed by atoms with Crippen LogP contribution in [0, 0.1) is 6.92 Å². The second-order valence-electron chi connectivity index (χ2n) is 11.0. The molecule has 0 unspecified atom stereocenters. The summed E-state index contributed by atoms with van der Waals surface area (Å²) in [7, 11) is -3.90. The molecule has 0 spiro atoms. The van der Waals surface area contributed by atoms with Crippen LogP contribution >= 0.6 is 0 Å². The Kier molecular flexibility index (Phi) is 6.19. The molecule has 3 heterocycles. The number of nitrogens with zero attached hydrogens (tertiary/aromatic N) is 4. The lowest BCUT2D eigenvalue weighted by Gasteiger charge is -2.40. The summed E-state index contributed by atoms with van der Waals surface area (Å²) in [5.41, 5.74) is 7.45. The number of rotatable bonds is 5. The lowest BCUT2D eigenvalue weighted by Crippen LogP contribution is -2.33. The van der Waals surface area contributed by atoms with Gasteiger partial charge in [0.05, 0.1) is 27.6 Å². The van der Waals surface area contributed by atoms with Crippen molar-refractivity contribution in [3.05, 3.63) is 96.6 Å². The molecule has 0 N–H and O–H groups in total. The Bertz CT molecular complexity index is 1640. The third-order valence-electron chi connectivity index (χ3n) is 8.35. The molecular formula is C33H34N4O2S. The second kappa shape index (κ2) is 9.89. The minimum atomic E-state index is -3.90. The van der Waals surface area contributed by atoms with Crippen LogP contribution in [0.25, 0.3) is 0 Å². The number of sulfonamides is 1. The van der Waals surface area contributed by atoms with Crippen molar-refractivity contribution in [1.29, 1.82) is 0 Å². The summed E-state index contributed by atoms with van der Waals surface area (Å²) in [4.78, 5) is 7.27. The van der Waals surface area contributed by atoms with Crippen LogP contribution < -0.4 is 19.0 Å². The van der Waals surface area contributed by atoms with Gasteiger partial charge in [-0.25, -0.2) is 12.7 Å². The standard InChI is InChI=1S/C33H34N4O2S/c1-25-11-13-26(14-12-25)36-30-17-15-28(35-21-7-8-22-35)24-33(30)37(40(38,39)29-9-3-2-4-10-29)31-18-16-27(23-32(31)36)34-19-5-6-20-34/h2-4,9-18,23-24H,5-8,19-22H2,1H3. The van der Waals surface area contributed by atoms with Gasteiger partial charge in [-0.2, -0.15) is 0 Å². The Morgan fingerprint density at radius 3 is 1.68 bits per heavy atom. The van der Waals surface area contributed by atoms with Crippen molar-refractivity contribution >= 4 is 49.8 Å². The summed E-state index contributed by atoms with van der Waals surface area (Å²) in [5, 5.41) is 0. The molecule has 7 heteroatoms. The van der Waals surface area contributed by atoms with Crippen LogP contribution in [0.2, 0.25) is 0 Å². The van der Waals surface area contributed by atoms with Crippen LogP contribution in [-0.2, 0) is 10.0 Å². The van der Waals surface area contributed by atoms with Gasteiger partial charge in [-0.05, 0) is 93.3 Å². The fraction of sp³-hybridized carbons (Fsp3) is 0.273. The lowest BCUT2D eigenvalue weighted by molar-refractivity contribution is 0.596. The molecule has 7 rings (SSSR count). The van der Waals surface area contributed by atoms with E-state index in [9.17, 15) is 8.42 Å². The molecule has 0 aliphatic carbocycles. The highest BCUT2D eigenvalue weighted by Crippen LogP contribution is 2.55. The summed E-state index contributed by atoms with van der Waals surface area (Å²) in [6.07, 6.45) is 4.66. The van der Waals surface area contributed by atoms with Gasteiger partial charge in [0.15, 0.2) is 0 Å². The Balaban J connectivity index is 1.49. The van der Waals surface area contributed by atoms with E-state index >= 15 is 0 Å². The van der Waals surface area contributed by atoms with Gasteiger partial charge in [0.1, 0.15) is 0 Å². The average Bonchev–Trinajstić information content (AvgIpc) is 3.72. The zero-order valence-electron chi connectivity index (χ0n) is 22.8. The number of hydrogen-bond acceptors (Lipinski definition) is 5. The monoisotopic (exact) mass is 550 g/mol. The summed E-state index contributed by atoms with van der Waals surface area (Å²) >= 11 is 0. The van der Waals surface area contributed by atoms with E-state index in [-0.39, 0.29) is 4.90 Å². The minimum absolute atomic E-state index is 0.283. The van der Waals surface area contributed by atoms with Crippen molar-refractivity contribution in [3.8, 4) is 0 Å². The Morgan fingerprint density at radius 1 is 0.550 bits per heavy atom. The number of hydrogen-bond donors (Lipinski definition) is 0. The van der Waals surface area contributed by atoms with E-state index in [4.69, 9.17) is 0 Å². The maximum absolute atomic E-state index is 14.5. The highest BCUT2D eigenvalue weighted by molar-refractivity contribution is 7.93. The molecular weight excluding hydrogens is 516 g/mol. The first kappa shape index (κ1) is 25.0. The zero-order chi connectivity index (χ0) is 27.3. The number of anilines is 7. The molecule has 0 radical (unpaired) electrons. The molecule has 0 aromatic heterocycles. The van der Waals surface area contributed by atoms with Crippen molar-refractivity contribution < 1.29 is 8.42 Å². The maximum Gasteiger partial charge on any atom is 0.268 e. The summed E-state index contributed by atoms with van der Waals surface area (Å²) < 4.78 is 30.5. The van der Waals surface area contributed by atoms with E-state index < -0.39 is 10.0 Å². The third kappa shape index (κ3) is 4.20. The Hall–Kier alpha value is -3.97. The quantitative estimate of drug-likeness (QED) is 0.257. The summed E-state index contributed by atoms with van der Waals surface area (Å²) in [5.74, 6) is 0. The molecule has 4 aromatic rings. The third-order valence-corrected chi connectivity index (χ3v) is 10.1. The topological polar surface area (TPSA) is 47.1 Å². The van der Waals surface area contributed by atoms with E-state index in [2.05, 4.69) is 76.2 Å². The fourth-order valence-electron chi connectivity index (χ4n) is 6.26. The Morgan fingerprint density at radius 2 is 1.07 bits per heavy atom. The highest BCUT2D eigenvalue weighted by Gasteiger charge is 2.38. The summed E-state index contributed by atoms with van der Waals surface area (Å²) in [6.45, 7) is 6.10. The molecule has 0 saturated carbocycles. The molecule has 40 heavy (non-hydrogen) atoms. The highest BCUT2D eigenvalue weighted by atomic mass is 32.2. The van der Waals surface area contributed by atoms with E-state index in [0.29, 0.717) is 11.4 Å². The van der Waals surface area contributed by atoms with Gasteiger partial charge in [0.25, 0.3) is 10.0 Å². The van der Waals surface area contributed by atoms with Crippen molar-refractivity contribution in [3.63, 3.8) is 0 Å². The largest absolute Gasteiger partial charge is 0.371 e. The van der Waals surface area contributed by atoms with Crippen LogP contribution in [0.3, 0.4) is 0 Å². The molecule has 2 fully saturated rings. The van der Waals surface area contributed by atoms with E-state index in [0.717, 1.165) is 67.5 Å². The SMILES string of the molecule is Cc1ccc(N2c3cc(N4CCCC4)ccc3N(S(=O)(=O)c3ccccc3)c3cc(N4CCCC4)ccc32)cc1. The van der Waals surface area contributed by atoms with E-state index in [1.165, 1.54) is 18.4 Å². The van der Waals surface area contributed by atoms with Gasteiger partial charge in [-0.1, -0.05) is 35.9 Å². The first-order chi connectivity index (χ1) is 19.5. The summed E-state index contributed by atoms with van der Waals surface area (Å²) in [6, 6.07) is 29.8. The molecule has 6 nitrogen and oxygen atoms in total. The van der Waals surface area contributed by atoms with Crippen LogP contribution in [0.5, 0.6) is 0 Å². The predicted molar refractivity (Wildman–Crippen MR) is 165 cm³/mol. The van der Waals surface area contributed by atoms with E-state index in [1.807, 2.05) is 12.1 Å². The van der Waals surface area contributed by atoms with Crippen LogP contribution in [0.4, 0.5) is 39.8 Å². The van der Waals surface area contributed by atoms with Crippen LogP contribution in [0.1, 0.15) is 31.2 Å². The van der Waals surface area contributed by atoms with Gasteiger partial charge < -0.3 is 14.7 Å². The average molecular weight is 551 g/mol. The molecule has 4 aromatic carbocycles. The zero-order valence-corrected chi connectivity index (χ0v) is 23.6. The first-order valence-electron chi connectivity index (χ1n) is 14.3. The molecule has 0 atom stereocenters. The molecule has 204 valence electrons. The maximum atomic E-state index is 14.5. The van der Waals surface area contributed by atoms with Crippen LogP contribution in [-0.4, -0.2) is 34.6 Å². The van der Waals surface area contributed by atoms with Crippen molar-refractivity contribution in [2.45, 2.75) is 37.5 Å². The predicted octanol–water partition coefficient (Wildman–Crippen LogP) is 7.51. The van der Waals surface area contributed by atoms with Gasteiger partial charge in [0, 0.05) is 43.2 Å². The molecule has 3 aliphatic heterocycles. The van der Waals surface area contributed by atoms with Crippen molar-refractivity contribution in [2.75, 3.05) is 45.2 Å². The first-order valence-corrected chi connectivity index (χ1v) is 15.7. The van der Waals surface area contributed by atoms with Gasteiger partial charge in [-0.15, -0.1) is 0 Å². The van der Waals surface area contributed by atoms with Gasteiger partial charge in [-0.3, -0.25) is 0 Å². The smallest absolute Gasteiger partial charge is 0.268 e. The fourth-order valence-corrected chi connectivity index (χ4v) is 7.79. The minimum Gasteiger partial charge on any atom is -0.371 e. The molecule has 0 amide bonds. The lowest BCUT2D eigenvalue weighted by atomic mass is 10.1. The van der Waals surface area contributed by atoms with Crippen molar-refractivity contribution in [1.82, 2.24) is 0 Å².